The van der Waals surface area contributed by atoms with Gasteiger partial charge in [0.25, 0.3) is 0 Å². The Bertz CT molecular complexity index is 418. The van der Waals surface area contributed by atoms with E-state index in [1.807, 2.05) is 0 Å². The molecule has 0 bridgehead atoms. The van der Waals surface area contributed by atoms with E-state index in [1.54, 1.807) is 19.2 Å². The molecule has 0 aromatic carbocycles. The maximum atomic E-state index is 12.0. The molecule has 8 heteroatoms. The summed E-state index contributed by atoms with van der Waals surface area (Å²) in [5, 5.41) is 10.7. The van der Waals surface area contributed by atoms with Crippen LogP contribution < -0.4 is 3.98 Å². The molecule has 0 radical (unpaired) electrons. The fourth-order valence-corrected chi connectivity index (χ4v) is 4.50. The summed E-state index contributed by atoms with van der Waals surface area (Å²) in [4.78, 5) is 0.781. The highest BCUT2D eigenvalue weighted by Gasteiger charge is 2.22. The molecule has 1 N–H and O–H groups in total. The lowest BCUT2D eigenvalue weighted by Gasteiger charge is -2.09. The molecule has 0 aliphatic heterocycles. The van der Waals surface area contributed by atoms with Crippen LogP contribution in [0.3, 0.4) is 0 Å². The van der Waals surface area contributed by atoms with Crippen molar-refractivity contribution in [1.29, 1.82) is 0 Å². The van der Waals surface area contributed by atoms with Crippen molar-refractivity contribution in [3.8, 4) is 0 Å². The van der Waals surface area contributed by atoms with Crippen LogP contribution in [0.1, 0.15) is 18.7 Å². The van der Waals surface area contributed by atoms with Gasteiger partial charge < -0.3 is 5.11 Å². The molecule has 16 heavy (non-hydrogen) atoms. The maximum absolute atomic E-state index is 12.0. The first kappa shape index (κ1) is 14.0. The first-order valence-electron chi connectivity index (χ1n) is 4.77. The van der Waals surface area contributed by atoms with Gasteiger partial charge in [0.1, 0.15) is 0 Å². The molecule has 0 fully saturated rings. The first-order valence-corrected chi connectivity index (χ1v) is 7.96. The number of rotatable bonds is 6. The van der Waals surface area contributed by atoms with Crippen LogP contribution in [-0.4, -0.2) is 18.3 Å². The summed E-state index contributed by atoms with van der Waals surface area (Å²) in [5.74, 6) is 0. The highest BCUT2D eigenvalue weighted by Crippen LogP contribution is 2.49. The van der Waals surface area contributed by atoms with Gasteiger partial charge in [0, 0.05) is 10.3 Å². The van der Waals surface area contributed by atoms with Crippen molar-refractivity contribution in [3.05, 3.63) is 14.2 Å². The molecule has 0 saturated carbocycles. The van der Waals surface area contributed by atoms with Gasteiger partial charge in [-0.15, -0.1) is 22.7 Å². The molecule has 0 unspecified atom stereocenters. The molecule has 1 heterocycles. The number of hydrogen-bond donors (Lipinski definition) is 1. The third kappa shape index (κ3) is 4.08. The maximum Gasteiger partial charge on any atom is 0.455 e. The van der Waals surface area contributed by atoms with E-state index in [0.717, 1.165) is 4.88 Å². The molecular weight excluding hydrogens is 269 g/mol. The molecule has 0 amide bonds. The second-order valence-electron chi connectivity index (χ2n) is 2.63. The molecule has 5 nitrogen and oxygen atoms in total. The van der Waals surface area contributed by atoms with Gasteiger partial charge >= 0.3 is 7.75 Å². The Kier molecular flexibility index (Phi) is 5.82. The third-order valence-electron chi connectivity index (χ3n) is 1.45. The molecule has 0 spiro atoms. The summed E-state index contributed by atoms with van der Waals surface area (Å²) < 4.78 is 26.6. The van der Waals surface area contributed by atoms with Crippen LogP contribution >= 0.6 is 30.4 Å². The zero-order valence-corrected chi connectivity index (χ0v) is 11.6. The molecule has 1 rings (SSSR count). The molecule has 92 valence electrons. The zero-order chi connectivity index (χ0) is 12.0. The monoisotopic (exact) mass is 283 g/mol. The lowest BCUT2D eigenvalue weighted by atomic mass is 10.6. The summed E-state index contributed by atoms with van der Waals surface area (Å²) >= 11 is 2.59. The van der Waals surface area contributed by atoms with Gasteiger partial charge in [-0.2, -0.15) is 4.76 Å². The summed E-state index contributed by atoms with van der Waals surface area (Å²) in [6, 6.07) is 0. The average Bonchev–Trinajstić information content (AvgIpc) is 2.65. The Hall–Kier alpha value is -0.0400. The van der Waals surface area contributed by atoms with E-state index in [1.165, 1.54) is 22.7 Å². The second-order valence-corrected chi connectivity index (χ2v) is 6.52. The normalized spacial score (nSPS) is 13.3. The minimum atomic E-state index is -3.37. The topological polar surface area (TPSA) is 68.1 Å². The van der Waals surface area contributed by atoms with Gasteiger partial charge in [0.15, 0.2) is 3.98 Å². The number of aliphatic hydroxyl groups is 1. The zero-order valence-electron chi connectivity index (χ0n) is 9.08. The van der Waals surface area contributed by atoms with Crippen molar-refractivity contribution in [2.75, 3.05) is 13.2 Å². The van der Waals surface area contributed by atoms with Crippen LogP contribution in [0.5, 0.6) is 0 Å². The average molecular weight is 283 g/mol. The quantitative estimate of drug-likeness (QED) is 0.814. The Morgan fingerprint density at radius 3 is 2.50 bits per heavy atom. The van der Waals surface area contributed by atoms with Gasteiger partial charge in [0.05, 0.1) is 19.8 Å². The van der Waals surface area contributed by atoms with E-state index in [2.05, 4.69) is 4.76 Å². The van der Waals surface area contributed by atoms with Crippen LogP contribution in [-0.2, 0) is 20.2 Å². The fraction of sp³-hybridized carbons (Fsp3) is 0.625. The smallest absolute Gasteiger partial charge is 0.391 e. The molecular formula is C8H14NO4PS2. The standard InChI is InChI=1S/C8H14NO4PS2/c1-3-12-14(11,13-4-2)9-8-15-6-7(5-10)16-8/h6,10H,3-5H2,1-2H3. The summed E-state index contributed by atoms with van der Waals surface area (Å²) in [5.41, 5.74) is 0. The van der Waals surface area contributed by atoms with Gasteiger partial charge in [-0.1, -0.05) is 0 Å². The Balaban J connectivity index is 2.96. The minimum Gasteiger partial charge on any atom is -0.391 e. The third-order valence-corrected chi connectivity index (χ3v) is 5.50. The largest absolute Gasteiger partial charge is 0.455 e. The molecule has 1 aromatic heterocycles. The van der Waals surface area contributed by atoms with Gasteiger partial charge in [-0.25, -0.2) is 4.57 Å². The highest BCUT2D eigenvalue weighted by atomic mass is 32.2. The molecule has 0 aliphatic carbocycles. The summed E-state index contributed by atoms with van der Waals surface area (Å²) in [6.45, 7) is 3.99. The van der Waals surface area contributed by atoms with E-state index in [9.17, 15) is 4.57 Å². The van der Waals surface area contributed by atoms with E-state index in [4.69, 9.17) is 14.2 Å². The minimum absolute atomic E-state index is 0.0374. The van der Waals surface area contributed by atoms with E-state index < -0.39 is 7.75 Å². The van der Waals surface area contributed by atoms with Gasteiger partial charge in [0.2, 0.25) is 0 Å². The number of nitrogens with zero attached hydrogens (tertiary/aromatic N) is 1. The van der Waals surface area contributed by atoms with Crippen LogP contribution in [0.15, 0.2) is 10.1 Å². The molecule has 0 atom stereocenters. The lowest BCUT2D eigenvalue weighted by molar-refractivity contribution is 0.220. The summed E-state index contributed by atoms with van der Waals surface area (Å²) in [6.07, 6.45) is 0. The molecule has 0 aliphatic rings. The van der Waals surface area contributed by atoms with E-state index in [-0.39, 0.29) is 19.8 Å². The SMILES string of the molecule is CCOP(=O)(N=c1scc(CO)s1)OCC. The second kappa shape index (κ2) is 6.64. The van der Waals surface area contributed by atoms with Gasteiger partial charge in [-0.3, -0.25) is 9.05 Å². The van der Waals surface area contributed by atoms with Crippen LogP contribution in [0, 0.1) is 0 Å². The van der Waals surface area contributed by atoms with Crippen molar-refractivity contribution in [2.24, 2.45) is 4.76 Å². The van der Waals surface area contributed by atoms with Crippen LogP contribution in [0.2, 0.25) is 0 Å². The Morgan fingerprint density at radius 1 is 1.44 bits per heavy atom. The highest BCUT2D eigenvalue weighted by molar-refractivity contribution is 7.52. The van der Waals surface area contributed by atoms with Crippen molar-refractivity contribution < 1.29 is 18.7 Å². The van der Waals surface area contributed by atoms with E-state index >= 15 is 0 Å². The first-order chi connectivity index (χ1) is 7.63. The Labute approximate surface area is 102 Å². The molecule has 0 saturated heterocycles. The molecule has 1 aromatic rings. The fourth-order valence-electron chi connectivity index (χ4n) is 0.911. The lowest BCUT2D eigenvalue weighted by Crippen LogP contribution is -1.97. The number of aliphatic hydroxyl groups excluding tert-OH is 1. The van der Waals surface area contributed by atoms with Crippen molar-refractivity contribution in [3.63, 3.8) is 0 Å². The predicted molar refractivity (Wildman–Crippen MR) is 64.5 cm³/mol. The number of hydrogen-bond acceptors (Lipinski definition) is 6. The van der Waals surface area contributed by atoms with Crippen LogP contribution in [0.25, 0.3) is 0 Å². The summed E-state index contributed by atoms with van der Waals surface area (Å²) in [7, 11) is -3.37. The van der Waals surface area contributed by atoms with E-state index in [0.29, 0.717) is 3.98 Å². The predicted octanol–water partition coefficient (Wildman–Crippen LogP) is 2.38. The van der Waals surface area contributed by atoms with Crippen molar-refractivity contribution >= 4 is 30.4 Å². The van der Waals surface area contributed by atoms with Crippen molar-refractivity contribution in [2.45, 2.75) is 20.5 Å². The van der Waals surface area contributed by atoms with Crippen molar-refractivity contribution in [1.82, 2.24) is 0 Å². The Morgan fingerprint density at radius 2 is 2.06 bits per heavy atom. The van der Waals surface area contributed by atoms with Crippen LogP contribution in [0.4, 0.5) is 0 Å². The van der Waals surface area contributed by atoms with Gasteiger partial charge in [-0.05, 0) is 13.8 Å².